The summed E-state index contributed by atoms with van der Waals surface area (Å²) in [6.07, 6.45) is 2.98. The maximum atomic E-state index is 13.5. The van der Waals surface area contributed by atoms with E-state index in [1.807, 2.05) is 30.3 Å². The SMILES string of the molecule is OC1(c2ccc(Cl)cc2)CC[N+](CCCC2(c3ccc(F)cc3)OCCO2)(Cc2ccccc2)CC1. The van der Waals surface area contributed by atoms with E-state index in [1.165, 1.54) is 17.7 Å². The molecule has 2 aliphatic rings. The second-order valence-corrected chi connectivity index (χ2v) is 10.7. The van der Waals surface area contributed by atoms with Crippen molar-refractivity contribution in [3.63, 3.8) is 0 Å². The van der Waals surface area contributed by atoms with Gasteiger partial charge in [-0.3, -0.25) is 0 Å². The molecule has 190 valence electrons. The summed E-state index contributed by atoms with van der Waals surface area (Å²) < 4.78 is 26.7. The highest BCUT2D eigenvalue weighted by Gasteiger charge is 2.44. The standard InChI is InChI=1S/C30H34ClFNO3/c31-27-11-7-25(8-12-27)29(34)16-19-33(20-17-29,23-24-5-2-1-3-6-24)18-4-15-30(35-21-22-36-30)26-9-13-28(32)14-10-26/h1-3,5-14,34H,4,15-23H2/q+1. The van der Waals surface area contributed by atoms with Gasteiger partial charge in [-0.1, -0.05) is 66.2 Å². The molecule has 0 atom stereocenters. The molecule has 0 amide bonds. The number of quaternary nitrogens is 1. The summed E-state index contributed by atoms with van der Waals surface area (Å²) in [5.74, 6) is -1.08. The summed E-state index contributed by atoms with van der Waals surface area (Å²) in [6.45, 7) is 4.69. The summed E-state index contributed by atoms with van der Waals surface area (Å²) in [5, 5.41) is 12.2. The number of halogens is 2. The van der Waals surface area contributed by atoms with Gasteiger partial charge in [0.2, 0.25) is 0 Å². The number of hydrogen-bond acceptors (Lipinski definition) is 3. The molecular weight excluding hydrogens is 477 g/mol. The Morgan fingerprint density at radius 2 is 1.44 bits per heavy atom. The number of piperidine rings is 1. The summed E-state index contributed by atoms with van der Waals surface area (Å²) >= 11 is 6.08. The van der Waals surface area contributed by atoms with E-state index in [4.69, 9.17) is 21.1 Å². The van der Waals surface area contributed by atoms with Crippen LogP contribution in [0.4, 0.5) is 4.39 Å². The van der Waals surface area contributed by atoms with Crippen molar-refractivity contribution in [1.29, 1.82) is 0 Å². The Bertz CT molecular complexity index is 1120. The van der Waals surface area contributed by atoms with Gasteiger partial charge >= 0.3 is 0 Å². The van der Waals surface area contributed by atoms with Crippen LogP contribution in [-0.4, -0.2) is 42.4 Å². The maximum absolute atomic E-state index is 13.5. The Morgan fingerprint density at radius 3 is 2.08 bits per heavy atom. The molecule has 36 heavy (non-hydrogen) atoms. The zero-order chi connectivity index (χ0) is 25.1. The number of nitrogens with zero attached hydrogens (tertiary/aromatic N) is 1. The number of hydrogen-bond donors (Lipinski definition) is 1. The lowest BCUT2D eigenvalue weighted by Crippen LogP contribution is -2.56. The van der Waals surface area contributed by atoms with Gasteiger partial charge in [-0.05, 0) is 29.8 Å². The Hall–Kier alpha value is -2.28. The minimum atomic E-state index is -0.837. The van der Waals surface area contributed by atoms with Crippen molar-refractivity contribution in [1.82, 2.24) is 0 Å². The van der Waals surface area contributed by atoms with Gasteiger partial charge in [0.15, 0.2) is 5.79 Å². The molecule has 0 radical (unpaired) electrons. The minimum Gasteiger partial charge on any atom is -0.385 e. The number of benzene rings is 3. The highest BCUT2D eigenvalue weighted by atomic mass is 35.5. The molecule has 0 spiro atoms. The molecule has 5 rings (SSSR count). The third-order valence-corrected chi connectivity index (χ3v) is 8.17. The molecule has 0 unspecified atom stereocenters. The van der Waals surface area contributed by atoms with Crippen LogP contribution in [0.3, 0.4) is 0 Å². The van der Waals surface area contributed by atoms with Gasteiger partial charge in [-0.2, -0.15) is 0 Å². The Morgan fingerprint density at radius 1 is 0.833 bits per heavy atom. The van der Waals surface area contributed by atoms with Gasteiger partial charge < -0.3 is 19.1 Å². The maximum Gasteiger partial charge on any atom is 0.195 e. The fraction of sp³-hybridized carbons (Fsp3) is 0.400. The Balaban J connectivity index is 1.32. The van der Waals surface area contributed by atoms with E-state index in [0.717, 1.165) is 48.2 Å². The van der Waals surface area contributed by atoms with Crippen LogP contribution in [0.2, 0.25) is 5.02 Å². The molecule has 0 aliphatic carbocycles. The van der Waals surface area contributed by atoms with E-state index in [-0.39, 0.29) is 5.82 Å². The van der Waals surface area contributed by atoms with E-state index in [2.05, 4.69) is 24.3 Å². The normalized spacial score (nSPS) is 25.6. The monoisotopic (exact) mass is 510 g/mol. The van der Waals surface area contributed by atoms with Gasteiger partial charge in [0.1, 0.15) is 18.0 Å². The molecular formula is C30H34ClFNO3+. The molecule has 0 bridgehead atoms. The lowest BCUT2D eigenvalue weighted by atomic mass is 9.83. The molecule has 3 aromatic carbocycles. The van der Waals surface area contributed by atoms with Crippen molar-refractivity contribution in [2.45, 2.75) is 43.6 Å². The fourth-order valence-electron chi connectivity index (χ4n) is 5.82. The van der Waals surface area contributed by atoms with Crippen molar-refractivity contribution >= 4 is 11.6 Å². The molecule has 0 saturated carbocycles. The first-order valence-electron chi connectivity index (χ1n) is 12.8. The van der Waals surface area contributed by atoms with Crippen molar-refractivity contribution < 1.29 is 23.5 Å². The minimum absolute atomic E-state index is 0.263. The lowest BCUT2D eigenvalue weighted by molar-refractivity contribution is -0.948. The highest BCUT2D eigenvalue weighted by molar-refractivity contribution is 6.30. The second-order valence-electron chi connectivity index (χ2n) is 10.3. The first kappa shape index (κ1) is 25.4. The van der Waals surface area contributed by atoms with Crippen LogP contribution in [0, 0.1) is 5.82 Å². The number of rotatable bonds is 8. The van der Waals surface area contributed by atoms with E-state index in [1.54, 1.807) is 12.1 Å². The molecule has 2 fully saturated rings. The predicted octanol–water partition coefficient (Wildman–Crippen LogP) is 6.16. The summed E-state index contributed by atoms with van der Waals surface area (Å²) in [6, 6.07) is 24.6. The molecule has 2 heterocycles. The van der Waals surface area contributed by atoms with E-state index >= 15 is 0 Å². The average Bonchev–Trinajstić information content (AvgIpc) is 3.37. The highest BCUT2D eigenvalue weighted by Crippen LogP contribution is 2.40. The van der Waals surface area contributed by atoms with Crippen LogP contribution in [0.5, 0.6) is 0 Å². The number of aliphatic hydroxyl groups is 1. The van der Waals surface area contributed by atoms with Crippen molar-refractivity contribution in [3.05, 3.63) is 106 Å². The molecule has 2 saturated heterocycles. The van der Waals surface area contributed by atoms with Crippen LogP contribution in [0.1, 0.15) is 42.4 Å². The molecule has 3 aromatic rings. The summed E-state index contributed by atoms with van der Waals surface area (Å²) in [4.78, 5) is 0. The van der Waals surface area contributed by atoms with E-state index in [9.17, 15) is 9.50 Å². The van der Waals surface area contributed by atoms with Crippen LogP contribution < -0.4 is 0 Å². The Labute approximate surface area is 217 Å². The summed E-state index contributed by atoms with van der Waals surface area (Å²) in [5.41, 5.74) is 2.27. The zero-order valence-corrected chi connectivity index (χ0v) is 21.3. The topological polar surface area (TPSA) is 38.7 Å². The van der Waals surface area contributed by atoms with Gasteiger partial charge in [0, 0.05) is 41.8 Å². The average molecular weight is 511 g/mol. The first-order valence-corrected chi connectivity index (χ1v) is 13.2. The molecule has 1 N–H and O–H groups in total. The van der Waals surface area contributed by atoms with E-state index < -0.39 is 11.4 Å². The van der Waals surface area contributed by atoms with Crippen LogP contribution in [0.15, 0.2) is 78.9 Å². The quantitative estimate of drug-likeness (QED) is 0.369. The largest absolute Gasteiger partial charge is 0.385 e. The predicted molar refractivity (Wildman–Crippen MR) is 139 cm³/mol. The van der Waals surface area contributed by atoms with Gasteiger partial charge in [-0.25, -0.2) is 4.39 Å². The lowest BCUT2D eigenvalue weighted by Gasteiger charge is -2.47. The zero-order valence-electron chi connectivity index (χ0n) is 20.5. The molecule has 4 nitrogen and oxygen atoms in total. The van der Waals surface area contributed by atoms with Gasteiger partial charge in [-0.15, -0.1) is 0 Å². The number of ether oxygens (including phenoxy) is 2. The third kappa shape index (κ3) is 5.51. The van der Waals surface area contributed by atoms with Crippen LogP contribution in [0.25, 0.3) is 0 Å². The number of likely N-dealkylation sites (tertiary alicyclic amines) is 1. The molecule has 2 aliphatic heterocycles. The fourth-order valence-corrected chi connectivity index (χ4v) is 5.95. The first-order chi connectivity index (χ1) is 17.4. The smallest absolute Gasteiger partial charge is 0.195 e. The van der Waals surface area contributed by atoms with Gasteiger partial charge in [0.25, 0.3) is 0 Å². The molecule has 0 aromatic heterocycles. The molecule has 6 heteroatoms. The van der Waals surface area contributed by atoms with Crippen molar-refractivity contribution in [2.75, 3.05) is 32.8 Å². The van der Waals surface area contributed by atoms with Crippen molar-refractivity contribution in [2.24, 2.45) is 0 Å². The van der Waals surface area contributed by atoms with Crippen molar-refractivity contribution in [3.8, 4) is 0 Å². The third-order valence-electron chi connectivity index (χ3n) is 7.92. The summed E-state index contributed by atoms with van der Waals surface area (Å²) in [7, 11) is 0. The Kier molecular flexibility index (Phi) is 7.47. The second kappa shape index (κ2) is 10.6. The van der Waals surface area contributed by atoms with E-state index in [0.29, 0.717) is 37.5 Å². The van der Waals surface area contributed by atoms with Crippen LogP contribution in [-0.2, 0) is 27.4 Å². The van der Waals surface area contributed by atoms with Gasteiger partial charge in [0.05, 0.1) is 32.8 Å². The van der Waals surface area contributed by atoms with Crippen LogP contribution >= 0.6 is 11.6 Å².